The summed E-state index contributed by atoms with van der Waals surface area (Å²) in [5.74, 6) is 0.273. The molecule has 0 aliphatic rings. The molecule has 1 atom stereocenters. The maximum absolute atomic E-state index is 12.0. The number of benzene rings is 2. The quantitative estimate of drug-likeness (QED) is 0.424. The second-order valence-corrected chi connectivity index (χ2v) is 13.4. The molecule has 0 saturated carbocycles. The van der Waals surface area contributed by atoms with Crippen LogP contribution in [0.2, 0.25) is 13.6 Å². The van der Waals surface area contributed by atoms with Gasteiger partial charge < -0.3 is 0 Å². The van der Waals surface area contributed by atoms with E-state index < -0.39 is 20.2 Å². The van der Waals surface area contributed by atoms with Crippen LogP contribution in [0, 0.1) is 0 Å². The third-order valence-corrected chi connectivity index (χ3v) is 9.11. The van der Waals surface area contributed by atoms with Crippen molar-refractivity contribution in [3.05, 3.63) is 65.7 Å². The molecule has 0 N–H and O–H groups in total. The molecule has 2 nitrogen and oxygen atoms in total. The number of esters is 1. The number of rotatable bonds is 5. The van der Waals surface area contributed by atoms with Crippen LogP contribution in [-0.2, 0) is 6.42 Å². The Labute approximate surface area is 134 Å². The molecule has 21 heavy (non-hydrogen) atoms. The van der Waals surface area contributed by atoms with Crippen LogP contribution in [0.25, 0.3) is 0 Å². The van der Waals surface area contributed by atoms with Crippen molar-refractivity contribution in [3.63, 3.8) is 0 Å². The number of carbonyl (C=O) groups is 1. The molecule has 2 aromatic carbocycles. The van der Waals surface area contributed by atoms with E-state index in [-0.39, 0.29) is 5.97 Å². The molecule has 0 heterocycles. The van der Waals surface area contributed by atoms with E-state index in [1.54, 1.807) is 12.1 Å². The first kappa shape index (κ1) is 16.1. The Morgan fingerprint density at radius 3 is 2.24 bits per heavy atom. The van der Waals surface area contributed by atoms with Crippen LogP contribution in [-0.4, -0.2) is 26.2 Å². The molecule has 0 spiro atoms. The number of carbonyl (C=O) groups excluding carboxylic acids is 1. The molecule has 2 aromatic rings. The summed E-state index contributed by atoms with van der Waals surface area (Å²) in [6.07, 6.45) is 1.11. The van der Waals surface area contributed by atoms with Gasteiger partial charge in [0.05, 0.1) is 0 Å². The summed E-state index contributed by atoms with van der Waals surface area (Å²) >= 11 is -1.01. The van der Waals surface area contributed by atoms with Gasteiger partial charge in [-0.05, 0) is 0 Å². The number of ether oxygens (including phenoxy) is 1. The molecule has 2 rings (SSSR count). The van der Waals surface area contributed by atoms with Crippen molar-refractivity contribution in [2.75, 3.05) is 0 Å². The molecule has 0 fully saturated rings. The fourth-order valence-corrected chi connectivity index (χ4v) is 3.60. The third kappa shape index (κ3) is 4.89. The van der Waals surface area contributed by atoms with Crippen LogP contribution in [0.5, 0.6) is 5.75 Å². The average Bonchev–Trinajstić information content (AvgIpc) is 2.48. The van der Waals surface area contributed by atoms with Gasteiger partial charge in [-0.2, -0.15) is 0 Å². The zero-order valence-corrected chi connectivity index (χ0v) is 15.3. The molecule has 0 aromatic heterocycles. The van der Waals surface area contributed by atoms with Crippen LogP contribution < -0.4 is 4.74 Å². The molecule has 3 heteroatoms. The first-order valence-electron chi connectivity index (χ1n) is 7.09. The minimum absolute atomic E-state index is 0.304. The summed E-state index contributed by atoms with van der Waals surface area (Å²) in [5, 5.41) is 0. The predicted molar refractivity (Wildman–Crippen MR) is 88.5 cm³/mol. The summed E-state index contributed by atoms with van der Waals surface area (Å²) < 4.78 is 6.14. The minimum atomic E-state index is -1.01. The number of para-hydroxylation sites is 1. The van der Waals surface area contributed by atoms with Crippen molar-refractivity contribution >= 4 is 26.2 Å². The predicted octanol–water partition coefficient (Wildman–Crippen LogP) is 4.59. The Hall–Kier alpha value is -1.27. The van der Waals surface area contributed by atoms with Crippen molar-refractivity contribution in [3.8, 4) is 5.75 Å². The monoisotopic (exact) mass is 390 g/mol. The first-order chi connectivity index (χ1) is 10.1. The van der Waals surface area contributed by atoms with E-state index in [0.717, 1.165) is 10.3 Å². The molecule has 0 bridgehead atoms. The Morgan fingerprint density at radius 2 is 1.67 bits per heavy atom. The Bertz CT molecular complexity index is 576. The number of hydrogen-bond acceptors (Lipinski definition) is 2. The summed E-state index contributed by atoms with van der Waals surface area (Å²) in [6.45, 7) is 2.33. The Balaban J connectivity index is 2.00. The van der Waals surface area contributed by atoms with Gasteiger partial charge in [-0.25, -0.2) is 0 Å². The van der Waals surface area contributed by atoms with Crippen LogP contribution >= 0.6 is 0 Å². The summed E-state index contributed by atoms with van der Waals surface area (Å²) in [6, 6.07) is 17.0. The van der Waals surface area contributed by atoms with E-state index in [4.69, 9.17) is 4.74 Å². The van der Waals surface area contributed by atoms with E-state index in [1.807, 2.05) is 42.5 Å². The van der Waals surface area contributed by atoms with Gasteiger partial charge in [0.2, 0.25) is 0 Å². The molecule has 110 valence electrons. The molecule has 0 radical (unpaired) electrons. The number of hydrogen-bond donors (Lipinski definition) is 0. The van der Waals surface area contributed by atoms with Crippen LogP contribution in [0.1, 0.15) is 22.8 Å². The SMILES string of the molecule is C[CH](Cc1ccc(C(=O)Oc2ccccc2)cc1)[Sb]([CH3])[CH3]. The zero-order chi connectivity index (χ0) is 15.2. The van der Waals surface area contributed by atoms with Gasteiger partial charge in [-0.3, -0.25) is 0 Å². The van der Waals surface area contributed by atoms with Crippen molar-refractivity contribution in [1.82, 2.24) is 0 Å². The van der Waals surface area contributed by atoms with Crippen molar-refractivity contribution in [2.45, 2.75) is 26.9 Å². The van der Waals surface area contributed by atoms with Crippen LogP contribution in [0.3, 0.4) is 0 Å². The zero-order valence-electron chi connectivity index (χ0n) is 12.7. The van der Waals surface area contributed by atoms with Gasteiger partial charge in [0, 0.05) is 0 Å². The van der Waals surface area contributed by atoms with Gasteiger partial charge in [0.1, 0.15) is 0 Å². The second-order valence-electron chi connectivity index (χ2n) is 5.42. The Kier molecular flexibility index (Phi) is 5.87. The second kappa shape index (κ2) is 7.66. The van der Waals surface area contributed by atoms with E-state index in [9.17, 15) is 4.79 Å². The standard InChI is InChI=1S/C16H15O2.2CH3.Sb/c1-2-6-13-9-11-14(12-10-13)16(17)18-15-7-4-3-5-8-15;;;/h2-5,7-12H,6H2,1H3;2*1H3;. The van der Waals surface area contributed by atoms with Gasteiger partial charge in [-0.1, -0.05) is 0 Å². The normalized spacial score (nSPS) is 12.2. The van der Waals surface area contributed by atoms with Crippen molar-refractivity contribution in [2.24, 2.45) is 0 Å². The van der Waals surface area contributed by atoms with Crippen LogP contribution in [0.4, 0.5) is 0 Å². The van der Waals surface area contributed by atoms with Gasteiger partial charge in [0.25, 0.3) is 0 Å². The molecular weight excluding hydrogens is 370 g/mol. The molecule has 0 amide bonds. The Morgan fingerprint density at radius 1 is 1.05 bits per heavy atom. The van der Waals surface area contributed by atoms with E-state index in [1.165, 1.54) is 5.56 Å². The first-order valence-corrected chi connectivity index (χ1v) is 13.7. The van der Waals surface area contributed by atoms with Gasteiger partial charge in [-0.15, -0.1) is 0 Å². The summed E-state index contributed by atoms with van der Waals surface area (Å²) in [4.78, 5) is 16.9. The molecular formula is C18H21O2Sb. The molecule has 0 aliphatic heterocycles. The molecule has 1 unspecified atom stereocenters. The fourth-order valence-electron chi connectivity index (χ4n) is 1.96. The fraction of sp³-hybridized carbons (Fsp3) is 0.278. The van der Waals surface area contributed by atoms with E-state index >= 15 is 0 Å². The molecule has 0 aliphatic carbocycles. The maximum atomic E-state index is 12.0. The van der Waals surface area contributed by atoms with Crippen molar-refractivity contribution in [1.29, 1.82) is 0 Å². The van der Waals surface area contributed by atoms with Crippen molar-refractivity contribution < 1.29 is 9.53 Å². The summed E-state index contributed by atoms with van der Waals surface area (Å²) in [7, 11) is 0. The summed E-state index contributed by atoms with van der Waals surface area (Å²) in [5.41, 5.74) is 1.90. The van der Waals surface area contributed by atoms with E-state index in [2.05, 4.69) is 16.7 Å². The average molecular weight is 391 g/mol. The molecule has 0 saturated heterocycles. The topological polar surface area (TPSA) is 26.3 Å². The van der Waals surface area contributed by atoms with Gasteiger partial charge in [0.15, 0.2) is 0 Å². The third-order valence-electron chi connectivity index (χ3n) is 3.56. The van der Waals surface area contributed by atoms with E-state index in [0.29, 0.717) is 11.3 Å². The van der Waals surface area contributed by atoms with Gasteiger partial charge >= 0.3 is 134 Å². The van der Waals surface area contributed by atoms with Crippen LogP contribution in [0.15, 0.2) is 54.6 Å².